The molecule has 0 saturated carbocycles. The number of hydrogen-bond donors (Lipinski definition) is 0. The second-order valence-electron chi connectivity index (χ2n) is 5.90. The lowest BCUT2D eigenvalue weighted by atomic mass is 10.0. The van der Waals surface area contributed by atoms with E-state index in [0.29, 0.717) is 31.2 Å². The van der Waals surface area contributed by atoms with Gasteiger partial charge in [0.2, 0.25) is 10.0 Å². The van der Waals surface area contributed by atoms with Crippen molar-refractivity contribution in [1.82, 2.24) is 8.87 Å². The number of sulfonamides is 1. The van der Waals surface area contributed by atoms with E-state index in [9.17, 15) is 13.2 Å². The zero-order valence-corrected chi connectivity index (χ0v) is 14.0. The summed E-state index contributed by atoms with van der Waals surface area (Å²) in [6, 6.07) is 4.51. The zero-order valence-electron chi connectivity index (χ0n) is 13.2. The Hall–Kier alpha value is -1.64. The average Bonchev–Trinajstić information content (AvgIpc) is 2.82. The molecule has 0 N–H and O–H groups in total. The minimum atomic E-state index is -3.61. The highest BCUT2D eigenvalue weighted by molar-refractivity contribution is 7.89. The second kappa shape index (κ2) is 6.10. The summed E-state index contributed by atoms with van der Waals surface area (Å²) in [4.78, 5) is 11.7. The summed E-state index contributed by atoms with van der Waals surface area (Å²) < 4.78 is 38.5. The zero-order chi connectivity index (χ0) is 16.6. The van der Waals surface area contributed by atoms with E-state index in [1.165, 1.54) is 21.0 Å². The smallest absolute Gasteiger partial charge is 0.408 e. The third kappa shape index (κ3) is 3.06. The quantitative estimate of drug-likeness (QED) is 0.835. The van der Waals surface area contributed by atoms with Crippen molar-refractivity contribution in [3.63, 3.8) is 0 Å². The molecule has 2 heterocycles. The van der Waals surface area contributed by atoms with Gasteiger partial charge < -0.3 is 9.15 Å². The molecule has 1 saturated heterocycles. The summed E-state index contributed by atoms with van der Waals surface area (Å²) in [6.45, 7) is 1.82. The topological polar surface area (TPSA) is 81.8 Å². The molecule has 1 aliphatic rings. The van der Waals surface area contributed by atoms with Crippen LogP contribution in [-0.2, 0) is 21.8 Å². The van der Waals surface area contributed by atoms with E-state index in [-0.39, 0.29) is 10.5 Å². The molecule has 0 radical (unpaired) electrons. The number of fused-ring (bicyclic) bond motifs is 1. The third-order valence-corrected chi connectivity index (χ3v) is 6.15. The number of aromatic nitrogens is 1. The summed E-state index contributed by atoms with van der Waals surface area (Å²) in [5, 5.41) is 0. The first-order valence-corrected chi connectivity index (χ1v) is 8.97. The molecule has 0 atom stereocenters. The number of rotatable bonds is 4. The van der Waals surface area contributed by atoms with Gasteiger partial charge in [-0.2, -0.15) is 0 Å². The van der Waals surface area contributed by atoms with E-state index in [2.05, 4.69) is 0 Å². The first-order chi connectivity index (χ1) is 10.9. The third-order valence-electron chi connectivity index (χ3n) is 4.33. The van der Waals surface area contributed by atoms with E-state index in [4.69, 9.17) is 9.15 Å². The maximum Gasteiger partial charge on any atom is 0.419 e. The first kappa shape index (κ1) is 16.2. The van der Waals surface area contributed by atoms with Crippen LogP contribution < -0.4 is 5.76 Å². The molecule has 0 aliphatic carbocycles. The van der Waals surface area contributed by atoms with Crippen LogP contribution in [0.15, 0.2) is 32.3 Å². The fourth-order valence-electron chi connectivity index (χ4n) is 2.85. The molecule has 126 valence electrons. The van der Waals surface area contributed by atoms with Gasteiger partial charge in [-0.15, -0.1) is 0 Å². The molecule has 1 aromatic carbocycles. The molecule has 23 heavy (non-hydrogen) atoms. The van der Waals surface area contributed by atoms with E-state index < -0.39 is 15.8 Å². The summed E-state index contributed by atoms with van der Waals surface area (Å²) >= 11 is 0. The first-order valence-electron chi connectivity index (χ1n) is 7.53. The van der Waals surface area contributed by atoms with Gasteiger partial charge in [-0.1, -0.05) is 0 Å². The van der Waals surface area contributed by atoms with E-state index >= 15 is 0 Å². The molecule has 1 fully saturated rings. The molecule has 0 unspecified atom stereocenters. The minimum Gasteiger partial charge on any atom is -0.408 e. The fraction of sp³-hybridized carbons (Fsp3) is 0.533. The van der Waals surface area contributed by atoms with Crippen LogP contribution >= 0.6 is 0 Å². The number of benzene rings is 1. The molecule has 0 amide bonds. The van der Waals surface area contributed by atoms with Crippen LogP contribution in [0.2, 0.25) is 0 Å². The molecular formula is C15H20N2O5S. The van der Waals surface area contributed by atoms with E-state index in [1.807, 2.05) is 0 Å². The standard InChI is InChI=1S/C15H20N2O5S/c1-16(10-11-5-7-21-8-6-11)23(19,20)12-3-4-13-14(9-12)22-15(18)17(13)2/h3-4,9,11H,5-8,10H2,1-2H3. The van der Waals surface area contributed by atoms with Gasteiger partial charge in [0.05, 0.1) is 10.4 Å². The fourth-order valence-corrected chi connectivity index (χ4v) is 4.11. The van der Waals surface area contributed by atoms with Crippen molar-refractivity contribution in [3.8, 4) is 0 Å². The Morgan fingerprint density at radius 2 is 2.00 bits per heavy atom. The summed E-state index contributed by atoms with van der Waals surface area (Å²) in [5.74, 6) is -0.202. The largest absolute Gasteiger partial charge is 0.419 e. The highest BCUT2D eigenvalue weighted by Gasteiger charge is 2.25. The minimum absolute atomic E-state index is 0.133. The lowest BCUT2D eigenvalue weighted by molar-refractivity contribution is 0.0620. The Labute approximate surface area is 134 Å². The molecule has 2 aromatic rings. The highest BCUT2D eigenvalue weighted by Crippen LogP contribution is 2.23. The van der Waals surface area contributed by atoms with Gasteiger partial charge in [0.25, 0.3) is 0 Å². The summed E-state index contributed by atoms with van der Waals surface area (Å²) in [6.07, 6.45) is 1.74. The summed E-state index contributed by atoms with van der Waals surface area (Å²) in [5.41, 5.74) is 0.846. The molecule has 7 nitrogen and oxygen atoms in total. The van der Waals surface area contributed by atoms with Crippen molar-refractivity contribution in [2.45, 2.75) is 17.7 Å². The Bertz CT molecular complexity index is 862. The molecule has 8 heteroatoms. The Morgan fingerprint density at radius 1 is 1.30 bits per heavy atom. The molecule has 1 aliphatic heterocycles. The van der Waals surface area contributed by atoms with Crippen LogP contribution in [0.5, 0.6) is 0 Å². The van der Waals surface area contributed by atoms with Crippen LogP contribution in [0, 0.1) is 5.92 Å². The SMILES string of the molecule is CN(CC1CCOCC1)S(=O)(=O)c1ccc2c(c1)oc(=O)n2C. The Balaban J connectivity index is 1.87. The van der Waals surface area contributed by atoms with Crippen LogP contribution in [0.1, 0.15) is 12.8 Å². The maximum atomic E-state index is 12.7. The highest BCUT2D eigenvalue weighted by atomic mass is 32.2. The number of hydrogen-bond acceptors (Lipinski definition) is 5. The monoisotopic (exact) mass is 340 g/mol. The van der Waals surface area contributed by atoms with Gasteiger partial charge in [0, 0.05) is 39.9 Å². The predicted molar refractivity (Wildman–Crippen MR) is 84.8 cm³/mol. The molecular weight excluding hydrogens is 320 g/mol. The molecule has 0 spiro atoms. The van der Waals surface area contributed by atoms with Crippen molar-refractivity contribution in [2.24, 2.45) is 13.0 Å². The Morgan fingerprint density at radius 3 is 2.70 bits per heavy atom. The van der Waals surface area contributed by atoms with Crippen LogP contribution in [0.25, 0.3) is 11.1 Å². The summed E-state index contributed by atoms with van der Waals surface area (Å²) in [7, 11) is -0.450. The van der Waals surface area contributed by atoms with E-state index in [1.54, 1.807) is 20.2 Å². The average molecular weight is 340 g/mol. The van der Waals surface area contributed by atoms with Gasteiger partial charge in [-0.05, 0) is 30.9 Å². The van der Waals surface area contributed by atoms with Crippen molar-refractivity contribution in [1.29, 1.82) is 0 Å². The van der Waals surface area contributed by atoms with Crippen molar-refractivity contribution < 1.29 is 17.6 Å². The normalized spacial score (nSPS) is 17.2. The Kier molecular flexibility index (Phi) is 4.31. The van der Waals surface area contributed by atoms with Gasteiger partial charge >= 0.3 is 5.76 Å². The molecule has 3 rings (SSSR count). The van der Waals surface area contributed by atoms with Crippen molar-refractivity contribution >= 4 is 21.1 Å². The van der Waals surface area contributed by atoms with E-state index in [0.717, 1.165) is 12.8 Å². The predicted octanol–water partition coefficient (Wildman–Crippen LogP) is 1.18. The number of oxazole rings is 1. The van der Waals surface area contributed by atoms with Crippen molar-refractivity contribution in [3.05, 3.63) is 28.7 Å². The maximum absolute atomic E-state index is 12.7. The van der Waals surface area contributed by atoms with Crippen LogP contribution in [0.3, 0.4) is 0 Å². The number of ether oxygens (including phenoxy) is 1. The van der Waals surface area contributed by atoms with Gasteiger partial charge in [0.15, 0.2) is 5.58 Å². The van der Waals surface area contributed by atoms with Gasteiger partial charge in [-0.3, -0.25) is 4.57 Å². The van der Waals surface area contributed by atoms with Gasteiger partial charge in [-0.25, -0.2) is 17.5 Å². The lowest BCUT2D eigenvalue weighted by Gasteiger charge is -2.26. The van der Waals surface area contributed by atoms with Crippen LogP contribution in [-0.4, -0.2) is 44.1 Å². The second-order valence-corrected chi connectivity index (χ2v) is 7.94. The van der Waals surface area contributed by atoms with Crippen LogP contribution in [0.4, 0.5) is 0 Å². The van der Waals surface area contributed by atoms with Crippen molar-refractivity contribution in [2.75, 3.05) is 26.8 Å². The lowest BCUT2D eigenvalue weighted by Crippen LogP contribution is -2.34. The molecule has 1 aromatic heterocycles. The number of aryl methyl sites for hydroxylation is 1. The molecule has 0 bridgehead atoms. The van der Waals surface area contributed by atoms with Gasteiger partial charge in [0.1, 0.15) is 0 Å². The number of nitrogens with zero attached hydrogens (tertiary/aromatic N) is 2.